The highest BCUT2D eigenvalue weighted by Gasteiger charge is 2.53. The van der Waals surface area contributed by atoms with E-state index in [9.17, 15) is 29.4 Å². The Hall–Kier alpha value is -4.02. The van der Waals surface area contributed by atoms with Crippen LogP contribution in [0.5, 0.6) is 0 Å². The largest absolute Gasteiger partial charge is 0.394 e. The minimum Gasteiger partial charge on any atom is -0.394 e. The quantitative estimate of drug-likeness (QED) is 0.427. The van der Waals surface area contributed by atoms with Crippen molar-refractivity contribution in [3.05, 3.63) is 65.7 Å². The third-order valence-corrected chi connectivity index (χ3v) is 9.58. The van der Waals surface area contributed by atoms with Crippen LogP contribution in [0.25, 0.3) is 0 Å². The lowest BCUT2D eigenvalue weighted by Gasteiger charge is -2.28. The smallest absolute Gasteiger partial charge is 0.264 e. The van der Waals surface area contributed by atoms with Crippen LogP contribution in [0, 0.1) is 5.92 Å². The van der Waals surface area contributed by atoms with Gasteiger partial charge >= 0.3 is 0 Å². The van der Waals surface area contributed by atoms with Gasteiger partial charge < -0.3 is 29.8 Å². The van der Waals surface area contributed by atoms with Gasteiger partial charge in [0, 0.05) is 61.8 Å². The molecule has 0 radical (unpaired) electrons. The molecule has 0 saturated carbocycles. The Morgan fingerprint density at radius 3 is 2.25 bits per heavy atom. The van der Waals surface area contributed by atoms with Crippen LogP contribution in [0.1, 0.15) is 63.0 Å². The molecule has 2 aromatic rings. The number of likely N-dealkylation sites (tertiary alicyclic amines) is 1. The average Bonchev–Trinajstić information content (AvgIpc) is 3.82. The lowest BCUT2D eigenvalue weighted by atomic mass is 9.82. The number of benzene rings is 2. The van der Waals surface area contributed by atoms with Gasteiger partial charge in [-0.05, 0) is 61.6 Å². The number of nitrogens with zero attached hydrogens (tertiary/aromatic N) is 4. The van der Waals surface area contributed by atoms with E-state index in [0.29, 0.717) is 49.4 Å². The summed E-state index contributed by atoms with van der Waals surface area (Å²) >= 11 is 0. The first-order chi connectivity index (χ1) is 21.2. The Labute approximate surface area is 257 Å². The molecule has 0 bridgehead atoms. The van der Waals surface area contributed by atoms with Crippen LogP contribution in [0.2, 0.25) is 0 Å². The third-order valence-electron chi connectivity index (χ3n) is 9.58. The van der Waals surface area contributed by atoms with Gasteiger partial charge in [-0.25, -0.2) is 0 Å². The fourth-order valence-corrected chi connectivity index (χ4v) is 7.05. The fraction of sp³-hybridized carbons (Fsp3) is 0.471. The predicted octanol–water partition coefficient (Wildman–Crippen LogP) is 3.24. The summed E-state index contributed by atoms with van der Waals surface area (Å²) in [6.07, 6.45) is 7.76. The van der Waals surface area contributed by atoms with E-state index in [1.54, 1.807) is 50.8 Å². The highest BCUT2D eigenvalue weighted by molar-refractivity contribution is 6.08. The normalized spacial score (nSPS) is 24.3. The zero-order valence-corrected chi connectivity index (χ0v) is 25.2. The molecule has 4 aliphatic heterocycles. The number of aliphatic hydroxyl groups excluding tert-OH is 1. The van der Waals surface area contributed by atoms with Crippen LogP contribution in [0.3, 0.4) is 0 Å². The molecule has 2 N–H and O–H groups in total. The van der Waals surface area contributed by atoms with Crippen molar-refractivity contribution in [1.82, 2.24) is 4.90 Å². The molecular weight excluding hydrogens is 560 g/mol. The van der Waals surface area contributed by atoms with Crippen molar-refractivity contribution < 1.29 is 29.4 Å². The minimum atomic E-state index is -1.91. The molecule has 3 saturated heterocycles. The standard InChI is InChI=1S/C34H40N4O6/c1-23(6-2-8-30(40)37-17-3-7-27(37)22-39)34(44)28-20-26(36-19-5-10-32(36)42)15-16-29(28)38(33(34)43)21-24-11-13-25(14-12-24)35-18-4-9-31(35)41/h2,6,11-16,20,23,27,39,44H,3-5,7-10,17-19,21-22H2,1H3/b6-2+/t23-,27+,34+/m1/s1. The molecular formula is C34H40N4O6. The highest BCUT2D eigenvalue weighted by atomic mass is 16.3. The van der Waals surface area contributed by atoms with Gasteiger partial charge in [-0.1, -0.05) is 31.2 Å². The molecule has 0 unspecified atom stereocenters. The van der Waals surface area contributed by atoms with Gasteiger partial charge in [0.25, 0.3) is 5.91 Å². The summed E-state index contributed by atoms with van der Waals surface area (Å²) in [4.78, 5) is 58.4. The third kappa shape index (κ3) is 5.30. The van der Waals surface area contributed by atoms with E-state index in [4.69, 9.17) is 0 Å². The van der Waals surface area contributed by atoms with E-state index >= 15 is 0 Å². The average molecular weight is 601 g/mol. The summed E-state index contributed by atoms with van der Waals surface area (Å²) in [5, 5.41) is 21.8. The predicted molar refractivity (Wildman–Crippen MR) is 166 cm³/mol. The zero-order valence-electron chi connectivity index (χ0n) is 25.2. The van der Waals surface area contributed by atoms with E-state index in [-0.39, 0.29) is 43.3 Å². The van der Waals surface area contributed by atoms with Crippen LogP contribution in [-0.2, 0) is 31.3 Å². The maximum absolute atomic E-state index is 14.1. The topological polar surface area (TPSA) is 122 Å². The van der Waals surface area contributed by atoms with E-state index < -0.39 is 17.4 Å². The van der Waals surface area contributed by atoms with Crippen LogP contribution < -0.4 is 14.7 Å². The molecule has 0 aromatic heterocycles. The Morgan fingerprint density at radius 2 is 1.61 bits per heavy atom. The molecule has 4 aliphatic rings. The molecule has 4 heterocycles. The van der Waals surface area contributed by atoms with Gasteiger partial charge in [0.15, 0.2) is 5.60 Å². The summed E-state index contributed by atoms with van der Waals surface area (Å²) < 4.78 is 0. The Morgan fingerprint density at radius 1 is 0.955 bits per heavy atom. The molecule has 10 heteroatoms. The maximum atomic E-state index is 14.1. The molecule has 3 fully saturated rings. The first-order valence-electron chi connectivity index (χ1n) is 15.7. The molecule has 0 aliphatic carbocycles. The fourth-order valence-electron chi connectivity index (χ4n) is 7.05. The summed E-state index contributed by atoms with van der Waals surface area (Å²) in [5.41, 5.74) is 1.42. The second-order valence-electron chi connectivity index (χ2n) is 12.3. The zero-order chi connectivity index (χ0) is 31.0. The van der Waals surface area contributed by atoms with Gasteiger partial charge in [-0.15, -0.1) is 0 Å². The van der Waals surface area contributed by atoms with Crippen LogP contribution in [0.15, 0.2) is 54.6 Å². The molecule has 0 spiro atoms. The summed E-state index contributed by atoms with van der Waals surface area (Å²) in [6, 6.07) is 12.8. The number of aliphatic hydroxyl groups is 2. The first kappa shape index (κ1) is 30.0. The van der Waals surface area contributed by atoms with E-state index in [0.717, 1.165) is 36.9 Å². The number of carbonyl (C=O) groups is 4. The van der Waals surface area contributed by atoms with Gasteiger partial charge in [-0.2, -0.15) is 0 Å². The number of anilines is 3. The van der Waals surface area contributed by atoms with Gasteiger partial charge in [0.2, 0.25) is 17.7 Å². The number of fused-ring (bicyclic) bond motifs is 1. The summed E-state index contributed by atoms with van der Waals surface area (Å²) in [6.45, 7) is 3.81. The lowest BCUT2D eigenvalue weighted by molar-refractivity contribution is -0.139. The number of hydrogen-bond donors (Lipinski definition) is 2. The van der Waals surface area contributed by atoms with Crippen molar-refractivity contribution in [2.45, 2.75) is 70.1 Å². The van der Waals surface area contributed by atoms with Crippen molar-refractivity contribution in [2.75, 3.05) is 40.9 Å². The number of rotatable bonds is 9. The Kier molecular flexibility index (Phi) is 8.30. The van der Waals surface area contributed by atoms with Gasteiger partial charge in [0.1, 0.15) is 0 Å². The Bertz CT molecular complexity index is 1490. The second kappa shape index (κ2) is 12.2. The van der Waals surface area contributed by atoms with Crippen LogP contribution in [-0.4, -0.2) is 71.0 Å². The molecule has 232 valence electrons. The molecule has 2 aromatic carbocycles. The van der Waals surface area contributed by atoms with Crippen molar-refractivity contribution >= 4 is 40.7 Å². The number of amides is 4. The highest BCUT2D eigenvalue weighted by Crippen LogP contribution is 2.47. The van der Waals surface area contributed by atoms with Crippen molar-refractivity contribution in [3.63, 3.8) is 0 Å². The van der Waals surface area contributed by atoms with Crippen molar-refractivity contribution in [3.8, 4) is 0 Å². The minimum absolute atomic E-state index is 0.0146. The Balaban J connectivity index is 1.27. The van der Waals surface area contributed by atoms with Crippen molar-refractivity contribution in [1.29, 1.82) is 0 Å². The first-order valence-corrected chi connectivity index (χ1v) is 15.7. The molecule has 44 heavy (non-hydrogen) atoms. The summed E-state index contributed by atoms with van der Waals surface area (Å²) in [5.74, 6) is -1.12. The van der Waals surface area contributed by atoms with E-state index in [2.05, 4.69) is 0 Å². The van der Waals surface area contributed by atoms with Crippen LogP contribution in [0.4, 0.5) is 17.1 Å². The maximum Gasteiger partial charge on any atom is 0.264 e. The van der Waals surface area contributed by atoms with Crippen molar-refractivity contribution in [2.24, 2.45) is 5.92 Å². The SMILES string of the molecule is C[C@H](/C=C/CC(=O)N1CCC[C@H]1CO)[C@@]1(O)C(=O)N(Cc2ccc(N3CCCC3=O)cc2)c2ccc(N3CCCC3=O)cc21. The number of hydrogen-bond acceptors (Lipinski definition) is 6. The van der Waals surface area contributed by atoms with Gasteiger partial charge in [-0.3, -0.25) is 19.2 Å². The molecule has 10 nitrogen and oxygen atoms in total. The lowest BCUT2D eigenvalue weighted by Crippen LogP contribution is -2.44. The van der Waals surface area contributed by atoms with E-state index in [1.165, 1.54) is 0 Å². The summed E-state index contributed by atoms with van der Waals surface area (Å²) in [7, 11) is 0. The molecule has 6 rings (SSSR count). The monoisotopic (exact) mass is 600 g/mol. The number of carbonyl (C=O) groups excluding carboxylic acids is 4. The molecule has 3 atom stereocenters. The van der Waals surface area contributed by atoms with Crippen LogP contribution >= 0.6 is 0 Å². The molecule has 4 amide bonds. The van der Waals surface area contributed by atoms with E-state index in [1.807, 2.05) is 30.3 Å². The second-order valence-corrected chi connectivity index (χ2v) is 12.3. The van der Waals surface area contributed by atoms with Gasteiger partial charge in [0.05, 0.1) is 24.9 Å².